The zero-order chi connectivity index (χ0) is 21.8. The molecule has 0 atom stereocenters. The van der Waals surface area contributed by atoms with Crippen molar-refractivity contribution >= 4 is 18.0 Å². The second kappa shape index (κ2) is 12.6. The molecule has 0 spiro atoms. The molecule has 3 rings (SSSR count). The van der Waals surface area contributed by atoms with Crippen molar-refractivity contribution in [3.63, 3.8) is 0 Å². The van der Waals surface area contributed by atoms with Crippen LogP contribution in [0.5, 0.6) is 0 Å². The van der Waals surface area contributed by atoms with Gasteiger partial charge < -0.3 is 15.4 Å². The molecule has 2 aromatic heterocycles. The summed E-state index contributed by atoms with van der Waals surface area (Å²) in [5.74, 6) is 0.653. The minimum absolute atomic E-state index is 0.422. The van der Waals surface area contributed by atoms with E-state index in [1.54, 1.807) is 6.20 Å². The van der Waals surface area contributed by atoms with Gasteiger partial charge in [0.2, 0.25) is 0 Å². The van der Waals surface area contributed by atoms with Gasteiger partial charge in [0.15, 0.2) is 5.69 Å². The lowest BCUT2D eigenvalue weighted by Crippen LogP contribution is -2.15. The van der Waals surface area contributed by atoms with Crippen LogP contribution >= 0.6 is 0 Å². The number of carbonyl (C=O) groups is 2. The highest BCUT2D eigenvalue weighted by Crippen LogP contribution is 2.21. The van der Waals surface area contributed by atoms with Gasteiger partial charge in [-0.2, -0.15) is 23.4 Å². The number of nitrogens with two attached hydrogens (primary N) is 1. The number of aromatic amines is 1. The third-order valence-electron chi connectivity index (χ3n) is 4.13. The number of halogens is 3. The zero-order valence-electron chi connectivity index (χ0n) is 16.6. The molecule has 1 amide bonds. The lowest BCUT2D eigenvalue weighted by atomic mass is 9.96. The van der Waals surface area contributed by atoms with Gasteiger partial charge in [0.1, 0.15) is 12.1 Å². The van der Waals surface area contributed by atoms with E-state index in [1.807, 2.05) is 29.7 Å². The van der Waals surface area contributed by atoms with Crippen LogP contribution in [-0.4, -0.2) is 52.9 Å². The smallest absolute Gasteiger partial charge is 0.364 e. The number of nitrogens with one attached hydrogen (secondary N) is 1. The fraction of sp³-hybridized carbons (Fsp3) is 0.556. The Labute approximate surface area is 167 Å². The number of alkyl halides is 3. The first-order valence-corrected chi connectivity index (χ1v) is 9.18. The van der Waals surface area contributed by atoms with Crippen LogP contribution in [0.1, 0.15) is 47.4 Å². The van der Waals surface area contributed by atoms with E-state index < -0.39 is 12.6 Å². The number of hydrogen-bond donors (Lipinski definition) is 2. The highest BCUT2D eigenvalue weighted by Gasteiger charge is 2.19. The summed E-state index contributed by atoms with van der Waals surface area (Å²) in [7, 11) is 3.96. The average molecular weight is 416 g/mol. The topological polar surface area (TPSA) is 110 Å². The highest BCUT2D eigenvalue weighted by atomic mass is 19.4. The Morgan fingerprint density at radius 2 is 2.00 bits per heavy atom. The molecular formula is C18H27F3N6O2. The maximum Gasteiger partial charge on any atom is 0.379 e. The number of primary amides is 1. The summed E-state index contributed by atoms with van der Waals surface area (Å²) in [4.78, 5) is 23.0. The van der Waals surface area contributed by atoms with Crippen molar-refractivity contribution < 1.29 is 22.8 Å². The van der Waals surface area contributed by atoms with Gasteiger partial charge in [-0.25, -0.2) is 4.68 Å². The van der Waals surface area contributed by atoms with Crippen LogP contribution in [0.25, 0.3) is 0 Å². The monoisotopic (exact) mass is 416 g/mol. The second-order valence-corrected chi connectivity index (χ2v) is 6.46. The van der Waals surface area contributed by atoms with Crippen LogP contribution in [-0.2, 0) is 24.2 Å². The second-order valence-electron chi connectivity index (χ2n) is 6.46. The Bertz CT molecular complexity index is 758. The average Bonchev–Trinajstić information content (AvgIpc) is 3.29. The van der Waals surface area contributed by atoms with E-state index in [2.05, 4.69) is 15.3 Å². The molecule has 0 saturated carbocycles. The van der Waals surface area contributed by atoms with Crippen molar-refractivity contribution in [1.29, 1.82) is 0 Å². The molecule has 0 saturated heterocycles. The Balaban J connectivity index is 0.000000246. The quantitative estimate of drug-likeness (QED) is 0.555. The van der Waals surface area contributed by atoms with E-state index in [1.165, 1.54) is 6.42 Å². The molecule has 0 aromatic carbocycles. The minimum atomic E-state index is -3.67. The zero-order valence-corrected chi connectivity index (χ0v) is 16.6. The molecule has 29 heavy (non-hydrogen) atoms. The molecule has 0 radical (unpaired) electrons. The molecule has 2 heterocycles. The number of aromatic nitrogens is 4. The van der Waals surface area contributed by atoms with Crippen LogP contribution in [0.2, 0.25) is 0 Å². The summed E-state index contributed by atoms with van der Waals surface area (Å²) in [6.45, 7) is -2.86. The molecule has 1 aliphatic rings. The van der Waals surface area contributed by atoms with Crippen molar-refractivity contribution in [2.75, 3.05) is 19.0 Å². The van der Waals surface area contributed by atoms with E-state index in [0.717, 1.165) is 55.6 Å². The van der Waals surface area contributed by atoms with E-state index in [4.69, 9.17) is 5.73 Å². The van der Waals surface area contributed by atoms with Gasteiger partial charge in [-0.3, -0.25) is 9.89 Å². The van der Waals surface area contributed by atoms with E-state index in [9.17, 15) is 22.8 Å². The third-order valence-corrected chi connectivity index (χ3v) is 4.13. The molecule has 8 nitrogen and oxygen atoms in total. The fourth-order valence-corrected chi connectivity index (χ4v) is 2.89. The highest BCUT2D eigenvalue weighted by molar-refractivity contribution is 5.92. The Kier molecular flexibility index (Phi) is 10.5. The van der Waals surface area contributed by atoms with Gasteiger partial charge in [-0.1, -0.05) is 0 Å². The fourth-order valence-electron chi connectivity index (χ4n) is 2.89. The van der Waals surface area contributed by atoms with E-state index in [0.29, 0.717) is 12.1 Å². The van der Waals surface area contributed by atoms with Gasteiger partial charge in [0, 0.05) is 44.4 Å². The van der Waals surface area contributed by atoms with E-state index in [-0.39, 0.29) is 0 Å². The van der Waals surface area contributed by atoms with E-state index >= 15 is 0 Å². The predicted molar refractivity (Wildman–Crippen MR) is 103 cm³/mol. The maximum absolute atomic E-state index is 10.9. The Morgan fingerprint density at radius 1 is 1.34 bits per heavy atom. The number of anilines is 1. The number of rotatable bonds is 6. The van der Waals surface area contributed by atoms with Crippen LogP contribution in [0, 0.1) is 0 Å². The van der Waals surface area contributed by atoms with Gasteiger partial charge in [-0.15, -0.1) is 0 Å². The van der Waals surface area contributed by atoms with Crippen molar-refractivity contribution in [2.24, 2.45) is 5.73 Å². The lowest BCUT2D eigenvalue weighted by molar-refractivity contribution is -0.108. The number of aryl methyl sites for hydroxylation is 2. The predicted octanol–water partition coefficient (Wildman–Crippen LogP) is 2.49. The summed E-state index contributed by atoms with van der Waals surface area (Å²) in [5.41, 5.74) is 7.72. The molecule has 1 aliphatic carbocycles. The van der Waals surface area contributed by atoms with Crippen molar-refractivity contribution in [2.45, 2.75) is 51.7 Å². The lowest BCUT2D eigenvalue weighted by Gasteiger charge is -2.13. The molecule has 0 aliphatic heterocycles. The van der Waals surface area contributed by atoms with Crippen LogP contribution in [0.3, 0.4) is 0 Å². The molecule has 11 heteroatoms. The van der Waals surface area contributed by atoms with Crippen molar-refractivity contribution in [3.05, 3.63) is 29.2 Å². The normalized spacial score (nSPS) is 12.2. The SMILES string of the molecule is CN(C)c1ccnn1CCCC=O.FC(F)F.NC(=O)c1n[nH]c2c1CCCC2. The molecule has 0 bridgehead atoms. The maximum atomic E-state index is 10.9. The van der Waals surface area contributed by atoms with Crippen LogP contribution in [0.4, 0.5) is 19.0 Å². The summed E-state index contributed by atoms with van der Waals surface area (Å²) in [6, 6.07) is 1.96. The third kappa shape index (κ3) is 8.36. The molecule has 162 valence electrons. The van der Waals surface area contributed by atoms with Crippen LogP contribution < -0.4 is 10.6 Å². The molecule has 0 unspecified atom stereocenters. The number of fused-ring (bicyclic) bond motifs is 1. The first-order valence-electron chi connectivity index (χ1n) is 9.18. The summed E-state index contributed by atoms with van der Waals surface area (Å²) in [6.07, 6.45) is 8.41. The largest absolute Gasteiger partial charge is 0.379 e. The summed E-state index contributed by atoms with van der Waals surface area (Å²) >= 11 is 0. The number of H-pyrrole nitrogens is 1. The van der Waals surface area contributed by atoms with Crippen LogP contribution in [0.15, 0.2) is 12.3 Å². The molecular weight excluding hydrogens is 389 g/mol. The minimum Gasteiger partial charge on any atom is -0.364 e. The molecule has 0 fully saturated rings. The number of unbranched alkanes of at least 4 members (excludes halogenated alkanes) is 1. The molecule has 3 N–H and O–H groups in total. The van der Waals surface area contributed by atoms with Gasteiger partial charge in [-0.05, 0) is 32.1 Å². The standard InChI is InChI=1S/C9H15N3O.C8H11N3O.CHF3/c1-11(2)9-5-6-10-12(9)7-3-4-8-13;9-8(12)7-5-3-1-2-4-6(5)10-11-7;2-1(3)4/h5-6,8H,3-4,7H2,1-2H3;1-4H2,(H2,9,12)(H,10,11);1H. The van der Waals surface area contributed by atoms with Crippen molar-refractivity contribution in [3.8, 4) is 0 Å². The number of aldehydes is 1. The Morgan fingerprint density at radius 3 is 2.59 bits per heavy atom. The summed E-state index contributed by atoms with van der Waals surface area (Å²) in [5, 5.41) is 10.9. The van der Waals surface area contributed by atoms with Gasteiger partial charge in [0.25, 0.3) is 5.91 Å². The number of amides is 1. The molecule has 2 aromatic rings. The van der Waals surface area contributed by atoms with Gasteiger partial charge >= 0.3 is 6.68 Å². The number of carbonyl (C=O) groups excluding carboxylic acids is 2. The first-order chi connectivity index (χ1) is 13.8. The first kappa shape index (κ1) is 24.2. The number of nitrogens with zero attached hydrogens (tertiary/aromatic N) is 4. The van der Waals surface area contributed by atoms with Gasteiger partial charge in [0.05, 0.1) is 6.20 Å². The Hall–Kier alpha value is -2.85. The van der Waals surface area contributed by atoms with Crippen molar-refractivity contribution in [1.82, 2.24) is 20.0 Å². The summed E-state index contributed by atoms with van der Waals surface area (Å²) < 4.78 is 30.9. The number of hydrogen-bond acceptors (Lipinski definition) is 5.